The fourth-order valence-corrected chi connectivity index (χ4v) is 2.43. The van der Waals surface area contributed by atoms with E-state index >= 15 is 0 Å². The molecule has 0 radical (unpaired) electrons. The molecule has 1 heterocycles. The van der Waals surface area contributed by atoms with Crippen LogP contribution in [0.5, 0.6) is 17.2 Å². The monoisotopic (exact) mass is 313 g/mol. The van der Waals surface area contributed by atoms with Crippen LogP contribution in [0.15, 0.2) is 42.5 Å². The maximum absolute atomic E-state index is 13.1. The first kappa shape index (κ1) is 15.2. The van der Waals surface area contributed by atoms with Gasteiger partial charge < -0.3 is 14.2 Å². The Hall–Kier alpha value is -2.74. The van der Waals surface area contributed by atoms with Crippen LogP contribution in [0.4, 0.5) is 4.39 Å². The van der Waals surface area contributed by atoms with Gasteiger partial charge in [-0.15, -0.1) is 0 Å². The molecule has 0 saturated carbocycles. The normalized spacial score (nSPS) is 13.9. The van der Waals surface area contributed by atoms with Gasteiger partial charge >= 0.3 is 0 Å². The van der Waals surface area contributed by atoms with E-state index in [1.54, 1.807) is 12.1 Å². The van der Waals surface area contributed by atoms with Crippen LogP contribution in [0.25, 0.3) is 0 Å². The minimum Gasteiger partial charge on any atom is -0.493 e. The molecule has 1 aliphatic rings. The number of halogens is 1. The molecule has 1 unspecified atom stereocenters. The predicted molar refractivity (Wildman–Crippen MR) is 82.3 cm³/mol. The molecule has 4 nitrogen and oxygen atoms in total. The highest BCUT2D eigenvalue weighted by molar-refractivity contribution is 5.45. The summed E-state index contributed by atoms with van der Waals surface area (Å²) in [4.78, 5) is 0. The van der Waals surface area contributed by atoms with E-state index in [1.807, 2.05) is 18.2 Å². The summed E-state index contributed by atoms with van der Waals surface area (Å²) in [7, 11) is 0. The Bertz CT molecular complexity index is 726. The van der Waals surface area contributed by atoms with Crippen molar-refractivity contribution in [2.45, 2.75) is 12.3 Å². The number of ether oxygens (including phenoxy) is 3. The van der Waals surface area contributed by atoms with Crippen LogP contribution < -0.4 is 14.2 Å². The predicted octanol–water partition coefficient (Wildman–Crippen LogP) is 3.67. The zero-order chi connectivity index (χ0) is 16.1. The number of hydrogen-bond acceptors (Lipinski definition) is 4. The number of fused-ring (bicyclic) bond motifs is 1. The van der Waals surface area contributed by atoms with Gasteiger partial charge in [0.05, 0.1) is 18.6 Å². The first-order valence-electron chi connectivity index (χ1n) is 7.44. The fourth-order valence-electron chi connectivity index (χ4n) is 2.43. The summed E-state index contributed by atoms with van der Waals surface area (Å²) in [6, 6.07) is 13.8. The Morgan fingerprint density at radius 1 is 1.13 bits per heavy atom. The smallest absolute Gasteiger partial charge is 0.161 e. The molecule has 1 atom stereocenters. The van der Waals surface area contributed by atoms with Gasteiger partial charge in [-0.2, -0.15) is 5.26 Å². The van der Waals surface area contributed by atoms with Gasteiger partial charge in [0.15, 0.2) is 11.5 Å². The van der Waals surface area contributed by atoms with E-state index in [2.05, 4.69) is 6.07 Å². The average molecular weight is 313 g/mol. The molecule has 2 aromatic carbocycles. The van der Waals surface area contributed by atoms with Gasteiger partial charge in [0.1, 0.15) is 24.8 Å². The number of rotatable bonds is 5. The molecule has 0 aromatic heterocycles. The van der Waals surface area contributed by atoms with Crippen molar-refractivity contribution in [3.05, 3.63) is 53.8 Å². The van der Waals surface area contributed by atoms with Gasteiger partial charge in [-0.3, -0.25) is 0 Å². The summed E-state index contributed by atoms with van der Waals surface area (Å²) >= 11 is 0. The second kappa shape index (κ2) is 7.01. The third-order valence-corrected chi connectivity index (χ3v) is 3.60. The van der Waals surface area contributed by atoms with Gasteiger partial charge in [0.25, 0.3) is 0 Å². The van der Waals surface area contributed by atoms with Gasteiger partial charge in [-0.25, -0.2) is 4.39 Å². The molecular formula is C18H16FNO3. The summed E-state index contributed by atoms with van der Waals surface area (Å²) < 4.78 is 29.6. The first-order valence-corrected chi connectivity index (χ1v) is 7.44. The van der Waals surface area contributed by atoms with E-state index in [9.17, 15) is 9.65 Å². The maximum atomic E-state index is 13.1. The topological polar surface area (TPSA) is 51.5 Å². The summed E-state index contributed by atoms with van der Waals surface area (Å²) in [5.74, 6) is 1.17. The molecule has 0 spiro atoms. The maximum Gasteiger partial charge on any atom is 0.161 e. The molecule has 2 aromatic rings. The minimum atomic E-state index is -0.342. The molecule has 23 heavy (non-hydrogen) atoms. The second-order valence-corrected chi connectivity index (χ2v) is 5.18. The Labute approximate surface area is 134 Å². The Morgan fingerprint density at radius 3 is 2.74 bits per heavy atom. The molecule has 0 bridgehead atoms. The summed E-state index contributed by atoms with van der Waals surface area (Å²) in [6.45, 7) is 1.38. The zero-order valence-corrected chi connectivity index (χ0v) is 12.5. The van der Waals surface area contributed by atoms with Crippen molar-refractivity contribution in [3.8, 4) is 23.3 Å². The number of hydrogen-bond donors (Lipinski definition) is 0. The third-order valence-electron chi connectivity index (χ3n) is 3.60. The second-order valence-electron chi connectivity index (χ2n) is 5.18. The molecule has 0 saturated heterocycles. The number of benzene rings is 2. The van der Waals surface area contributed by atoms with Gasteiger partial charge in [0.2, 0.25) is 0 Å². The largest absolute Gasteiger partial charge is 0.493 e. The first-order chi connectivity index (χ1) is 11.3. The van der Waals surface area contributed by atoms with Crippen molar-refractivity contribution >= 4 is 0 Å². The number of nitrogens with zero attached hydrogens (tertiary/aromatic N) is 1. The lowest BCUT2D eigenvalue weighted by atomic mass is 9.97. The van der Waals surface area contributed by atoms with Crippen molar-refractivity contribution in [1.82, 2.24) is 0 Å². The zero-order valence-electron chi connectivity index (χ0n) is 12.5. The molecular weight excluding hydrogens is 297 g/mol. The fraction of sp³-hybridized carbons (Fsp3) is 0.278. The lowest BCUT2D eigenvalue weighted by Crippen LogP contribution is -2.15. The summed E-state index contributed by atoms with van der Waals surface area (Å²) in [6.07, 6.45) is 0.507. The molecule has 0 amide bonds. The molecule has 0 fully saturated rings. The van der Waals surface area contributed by atoms with E-state index in [1.165, 1.54) is 12.1 Å². The Kier molecular flexibility index (Phi) is 4.62. The van der Waals surface area contributed by atoms with Gasteiger partial charge in [-0.05, 0) is 29.8 Å². The van der Waals surface area contributed by atoms with Crippen LogP contribution in [-0.2, 0) is 0 Å². The lowest BCUT2D eigenvalue weighted by molar-refractivity contribution is 0.171. The number of nitriles is 1. The van der Waals surface area contributed by atoms with Crippen molar-refractivity contribution < 1.29 is 18.6 Å². The van der Waals surface area contributed by atoms with Crippen LogP contribution in [0.3, 0.4) is 0 Å². The standard InChI is InChI=1S/C18H16FNO3/c19-15-2-1-3-16(11-15)21-7-6-14(12-20)13-4-5-17-18(10-13)23-9-8-22-17/h1-5,10-11,14H,6-9H2. The van der Waals surface area contributed by atoms with Crippen LogP contribution in [-0.4, -0.2) is 19.8 Å². The van der Waals surface area contributed by atoms with E-state index in [0.29, 0.717) is 43.5 Å². The average Bonchev–Trinajstić information content (AvgIpc) is 2.58. The molecule has 1 aliphatic heterocycles. The van der Waals surface area contributed by atoms with E-state index < -0.39 is 0 Å². The van der Waals surface area contributed by atoms with E-state index in [-0.39, 0.29) is 11.7 Å². The summed E-state index contributed by atoms with van der Waals surface area (Å²) in [5.41, 5.74) is 0.861. The van der Waals surface area contributed by atoms with Gasteiger partial charge in [0, 0.05) is 12.5 Å². The van der Waals surface area contributed by atoms with Crippen molar-refractivity contribution in [3.63, 3.8) is 0 Å². The lowest BCUT2D eigenvalue weighted by Gasteiger charge is -2.20. The Balaban J connectivity index is 1.63. The van der Waals surface area contributed by atoms with E-state index in [0.717, 1.165) is 5.56 Å². The highest BCUT2D eigenvalue weighted by atomic mass is 19.1. The molecule has 0 N–H and O–H groups in total. The van der Waals surface area contributed by atoms with Gasteiger partial charge in [-0.1, -0.05) is 12.1 Å². The van der Waals surface area contributed by atoms with Crippen LogP contribution in [0, 0.1) is 17.1 Å². The quantitative estimate of drug-likeness (QED) is 0.845. The molecule has 3 rings (SSSR count). The highest BCUT2D eigenvalue weighted by Crippen LogP contribution is 2.33. The van der Waals surface area contributed by atoms with E-state index in [4.69, 9.17) is 14.2 Å². The van der Waals surface area contributed by atoms with Crippen molar-refractivity contribution in [2.24, 2.45) is 0 Å². The third kappa shape index (κ3) is 3.72. The Morgan fingerprint density at radius 2 is 1.96 bits per heavy atom. The summed E-state index contributed by atoms with van der Waals surface area (Å²) in [5, 5.41) is 9.39. The van der Waals surface area contributed by atoms with Crippen LogP contribution in [0.2, 0.25) is 0 Å². The SMILES string of the molecule is N#CC(CCOc1cccc(F)c1)c1ccc2c(c1)OCCO2. The molecule has 5 heteroatoms. The highest BCUT2D eigenvalue weighted by Gasteiger charge is 2.17. The molecule has 0 aliphatic carbocycles. The van der Waals surface area contributed by atoms with Crippen molar-refractivity contribution in [1.29, 1.82) is 5.26 Å². The van der Waals surface area contributed by atoms with Crippen molar-refractivity contribution in [2.75, 3.05) is 19.8 Å². The minimum absolute atomic E-state index is 0.320. The van der Waals surface area contributed by atoms with Crippen LogP contribution in [0.1, 0.15) is 17.9 Å². The molecule has 118 valence electrons. The van der Waals surface area contributed by atoms with Crippen LogP contribution >= 0.6 is 0 Å².